The molecule has 1 atom stereocenters. The van der Waals surface area contributed by atoms with E-state index in [9.17, 15) is 14.7 Å². The van der Waals surface area contributed by atoms with Gasteiger partial charge in [-0.2, -0.15) is 0 Å². The monoisotopic (exact) mass is 389 g/mol. The van der Waals surface area contributed by atoms with E-state index in [4.69, 9.17) is 0 Å². The van der Waals surface area contributed by atoms with Crippen LogP contribution in [0.3, 0.4) is 0 Å². The van der Waals surface area contributed by atoms with E-state index in [1.807, 2.05) is 6.07 Å². The minimum absolute atomic E-state index is 0.181. The van der Waals surface area contributed by atoms with Crippen LogP contribution in [0.4, 0.5) is 0 Å². The van der Waals surface area contributed by atoms with Gasteiger partial charge >= 0.3 is 5.97 Å². The molecule has 0 fully saturated rings. The van der Waals surface area contributed by atoms with Crippen molar-refractivity contribution >= 4 is 11.9 Å². The summed E-state index contributed by atoms with van der Waals surface area (Å²) in [7, 11) is 0. The zero-order chi connectivity index (χ0) is 20.5. The van der Waals surface area contributed by atoms with E-state index in [0.717, 1.165) is 19.3 Å². The van der Waals surface area contributed by atoms with E-state index in [2.05, 4.69) is 12.2 Å². The standard InChI is InChI=1S/C24H39NO3/c1-2-3-4-5-6-7-8-9-10-11-12-13-17-20-22(26)25-23(24(27)28)21-18-15-14-16-19-21/h14-16,18-19,23H,2-13,17,20H2,1H3,(H,25,26)(H,27,28). The Kier molecular flexibility index (Phi) is 14.0. The Bertz CT molecular complexity index is 530. The van der Waals surface area contributed by atoms with Gasteiger partial charge in [0.15, 0.2) is 6.04 Å². The molecule has 4 nitrogen and oxygen atoms in total. The first-order valence-electron chi connectivity index (χ1n) is 11.2. The maximum atomic E-state index is 12.1. The molecule has 4 heteroatoms. The van der Waals surface area contributed by atoms with Crippen molar-refractivity contribution in [2.75, 3.05) is 0 Å². The number of hydrogen-bond donors (Lipinski definition) is 2. The number of unbranched alkanes of at least 4 members (excludes halogenated alkanes) is 12. The second kappa shape index (κ2) is 16.1. The van der Waals surface area contributed by atoms with Crippen LogP contribution in [0.5, 0.6) is 0 Å². The topological polar surface area (TPSA) is 66.4 Å². The first kappa shape index (κ1) is 24.2. The summed E-state index contributed by atoms with van der Waals surface area (Å²) < 4.78 is 0. The Labute approximate surface area is 171 Å². The SMILES string of the molecule is CCCCCCCCCCCCCCCC(=O)NC(C(=O)O)c1ccccc1. The molecule has 2 N–H and O–H groups in total. The molecule has 0 aliphatic rings. The van der Waals surface area contributed by atoms with Crippen molar-refractivity contribution < 1.29 is 14.7 Å². The number of nitrogens with one attached hydrogen (secondary N) is 1. The van der Waals surface area contributed by atoms with Gasteiger partial charge in [0.2, 0.25) is 5.91 Å². The van der Waals surface area contributed by atoms with Crippen LogP contribution in [-0.2, 0) is 9.59 Å². The van der Waals surface area contributed by atoms with Crippen molar-refractivity contribution in [2.24, 2.45) is 0 Å². The van der Waals surface area contributed by atoms with Crippen molar-refractivity contribution in [1.82, 2.24) is 5.32 Å². The minimum Gasteiger partial charge on any atom is -0.479 e. The number of carboxylic acids is 1. The van der Waals surface area contributed by atoms with E-state index in [1.165, 1.54) is 64.2 Å². The van der Waals surface area contributed by atoms with Gasteiger partial charge in [-0.15, -0.1) is 0 Å². The van der Waals surface area contributed by atoms with E-state index < -0.39 is 12.0 Å². The molecule has 0 heterocycles. The average molecular weight is 390 g/mol. The second-order valence-electron chi connectivity index (χ2n) is 7.74. The lowest BCUT2D eigenvalue weighted by molar-refractivity contribution is -0.142. The third-order valence-corrected chi connectivity index (χ3v) is 5.19. The van der Waals surface area contributed by atoms with E-state index in [0.29, 0.717) is 12.0 Å². The smallest absolute Gasteiger partial charge is 0.330 e. The number of hydrogen-bond acceptors (Lipinski definition) is 2. The van der Waals surface area contributed by atoms with Crippen molar-refractivity contribution in [1.29, 1.82) is 0 Å². The third-order valence-electron chi connectivity index (χ3n) is 5.19. The Hall–Kier alpha value is -1.84. The summed E-state index contributed by atoms with van der Waals surface area (Å²) in [5.74, 6) is -1.20. The molecule has 0 radical (unpaired) electrons. The maximum absolute atomic E-state index is 12.1. The van der Waals surface area contributed by atoms with Crippen LogP contribution in [0.15, 0.2) is 30.3 Å². The lowest BCUT2D eigenvalue weighted by Crippen LogP contribution is -2.33. The van der Waals surface area contributed by atoms with Crippen LogP contribution in [-0.4, -0.2) is 17.0 Å². The largest absolute Gasteiger partial charge is 0.479 e. The summed E-state index contributed by atoms with van der Waals surface area (Å²) >= 11 is 0. The summed E-state index contributed by atoms with van der Waals surface area (Å²) in [4.78, 5) is 23.5. The quantitative estimate of drug-likeness (QED) is 0.303. The van der Waals surface area contributed by atoms with Crippen LogP contribution in [0.2, 0.25) is 0 Å². The number of carboxylic acid groups (broad SMARTS) is 1. The van der Waals surface area contributed by atoms with Gasteiger partial charge in [-0.1, -0.05) is 114 Å². The molecule has 1 unspecified atom stereocenters. The van der Waals surface area contributed by atoms with Gasteiger partial charge in [0.1, 0.15) is 0 Å². The molecule has 158 valence electrons. The Morgan fingerprint density at radius 3 is 1.71 bits per heavy atom. The summed E-state index contributed by atoms with van der Waals surface area (Å²) in [6, 6.07) is 7.89. The molecule has 1 aromatic carbocycles. The molecule has 0 spiro atoms. The molecule has 0 aliphatic heterocycles. The lowest BCUT2D eigenvalue weighted by Gasteiger charge is -2.14. The van der Waals surface area contributed by atoms with Gasteiger partial charge in [0, 0.05) is 6.42 Å². The van der Waals surface area contributed by atoms with Crippen molar-refractivity contribution in [3.8, 4) is 0 Å². The van der Waals surface area contributed by atoms with Gasteiger partial charge in [0.25, 0.3) is 0 Å². The van der Waals surface area contributed by atoms with E-state index in [-0.39, 0.29) is 5.91 Å². The van der Waals surface area contributed by atoms with Crippen molar-refractivity contribution in [2.45, 2.75) is 103 Å². The highest BCUT2D eigenvalue weighted by Crippen LogP contribution is 2.15. The summed E-state index contributed by atoms with van der Waals surface area (Å²) in [5.41, 5.74) is 0.605. The summed E-state index contributed by atoms with van der Waals surface area (Å²) in [6.07, 6.45) is 16.8. The van der Waals surface area contributed by atoms with Gasteiger partial charge in [0.05, 0.1) is 0 Å². The Morgan fingerprint density at radius 1 is 0.786 bits per heavy atom. The fourth-order valence-electron chi connectivity index (χ4n) is 3.47. The molecule has 1 amide bonds. The van der Waals surface area contributed by atoms with E-state index in [1.54, 1.807) is 24.3 Å². The molecule has 0 saturated heterocycles. The lowest BCUT2D eigenvalue weighted by atomic mass is 10.0. The molecule has 0 aromatic heterocycles. The number of aliphatic carboxylic acids is 1. The van der Waals surface area contributed by atoms with Crippen molar-refractivity contribution in [3.05, 3.63) is 35.9 Å². The molecule has 1 rings (SSSR count). The van der Waals surface area contributed by atoms with E-state index >= 15 is 0 Å². The van der Waals surface area contributed by atoms with Crippen LogP contribution >= 0.6 is 0 Å². The summed E-state index contributed by atoms with van der Waals surface area (Å²) in [6.45, 7) is 2.25. The van der Waals surface area contributed by atoms with Crippen LogP contribution < -0.4 is 5.32 Å². The van der Waals surface area contributed by atoms with Gasteiger partial charge < -0.3 is 10.4 Å². The Balaban J connectivity index is 2.01. The summed E-state index contributed by atoms with van der Waals surface area (Å²) in [5, 5.41) is 12.0. The first-order chi connectivity index (χ1) is 13.6. The Morgan fingerprint density at radius 2 is 1.25 bits per heavy atom. The number of amides is 1. The highest BCUT2D eigenvalue weighted by atomic mass is 16.4. The van der Waals surface area contributed by atoms with Crippen molar-refractivity contribution in [3.63, 3.8) is 0 Å². The number of carbonyl (C=O) groups is 2. The van der Waals surface area contributed by atoms with Crippen LogP contribution in [0.25, 0.3) is 0 Å². The minimum atomic E-state index is -1.02. The third kappa shape index (κ3) is 11.8. The molecule has 28 heavy (non-hydrogen) atoms. The van der Waals surface area contributed by atoms with Crippen LogP contribution in [0, 0.1) is 0 Å². The predicted molar refractivity (Wildman–Crippen MR) is 115 cm³/mol. The number of carbonyl (C=O) groups excluding carboxylic acids is 1. The number of rotatable bonds is 17. The number of benzene rings is 1. The molecular weight excluding hydrogens is 350 g/mol. The molecule has 0 aliphatic carbocycles. The van der Waals surface area contributed by atoms with Crippen LogP contribution in [0.1, 0.15) is 108 Å². The first-order valence-corrected chi connectivity index (χ1v) is 11.2. The zero-order valence-electron chi connectivity index (χ0n) is 17.6. The molecule has 1 aromatic rings. The fourth-order valence-corrected chi connectivity index (χ4v) is 3.47. The normalized spacial score (nSPS) is 11.9. The maximum Gasteiger partial charge on any atom is 0.330 e. The highest BCUT2D eigenvalue weighted by molar-refractivity contribution is 5.84. The van der Waals surface area contributed by atoms with Gasteiger partial charge in [-0.05, 0) is 12.0 Å². The average Bonchev–Trinajstić information content (AvgIpc) is 2.70. The van der Waals surface area contributed by atoms with Gasteiger partial charge in [-0.25, -0.2) is 4.79 Å². The molecular formula is C24H39NO3. The molecule has 0 saturated carbocycles. The second-order valence-corrected chi connectivity index (χ2v) is 7.74. The molecule has 0 bridgehead atoms. The zero-order valence-corrected chi connectivity index (χ0v) is 17.6. The highest BCUT2D eigenvalue weighted by Gasteiger charge is 2.21. The predicted octanol–water partition coefficient (Wildman–Crippen LogP) is 6.41. The van der Waals surface area contributed by atoms with Gasteiger partial charge in [-0.3, -0.25) is 4.79 Å². The fraction of sp³-hybridized carbons (Fsp3) is 0.667.